The molecule has 8 heteroatoms. The molecule has 0 radical (unpaired) electrons. The number of hydrogen-bond acceptors (Lipinski definition) is 5. The number of urea groups is 1. The SMILES string of the molecule is CCCC[C@]1(C)NC(=O)N(CC(=O)OCC(=O)N[C@@H]2CCCc3ccccc32)C1=O. The number of carbonyl (C=O) groups excluding carboxylic acids is 4. The quantitative estimate of drug-likeness (QED) is 0.500. The van der Waals surface area contributed by atoms with Gasteiger partial charge in [-0.3, -0.25) is 19.3 Å². The van der Waals surface area contributed by atoms with E-state index in [4.69, 9.17) is 4.74 Å². The Morgan fingerprint density at radius 1 is 1.30 bits per heavy atom. The average molecular weight is 415 g/mol. The van der Waals surface area contributed by atoms with Gasteiger partial charge in [0.25, 0.3) is 11.8 Å². The van der Waals surface area contributed by atoms with Crippen LogP contribution in [0.4, 0.5) is 4.79 Å². The Morgan fingerprint density at radius 3 is 2.83 bits per heavy atom. The molecule has 0 aromatic heterocycles. The Labute approximate surface area is 176 Å². The van der Waals surface area contributed by atoms with E-state index in [0.717, 1.165) is 42.6 Å². The molecule has 1 aromatic rings. The molecule has 8 nitrogen and oxygen atoms in total. The third-order valence-electron chi connectivity index (χ3n) is 5.73. The summed E-state index contributed by atoms with van der Waals surface area (Å²) in [5.74, 6) is -1.64. The maximum absolute atomic E-state index is 12.6. The summed E-state index contributed by atoms with van der Waals surface area (Å²) in [6, 6.07) is 7.26. The van der Waals surface area contributed by atoms with Crippen molar-refractivity contribution in [1.29, 1.82) is 0 Å². The van der Waals surface area contributed by atoms with Gasteiger partial charge >= 0.3 is 12.0 Å². The number of imide groups is 1. The predicted octanol–water partition coefficient (Wildman–Crippen LogP) is 2.22. The van der Waals surface area contributed by atoms with Crippen molar-refractivity contribution < 1.29 is 23.9 Å². The van der Waals surface area contributed by atoms with Crippen molar-refractivity contribution in [1.82, 2.24) is 15.5 Å². The molecule has 162 valence electrons. The Bertz CT molecular complexity index is 840. The summed E-state index contributed by atoms with van der Waals surface area (Å²) in [4.78, 5) is 49.9. The van der Waals surface area contributed by atoms with Gasteiger partial charge in [0.15, 0.2) is 6.61 Å². The lowest BCUT2D eigenvalue weighted by molar-refractivity contribution is -0.151. The van der Waals surface area contributed by atoms with Gasteiger partial charge in [0.05, 0.1) is 6.04 Å². The fourth-order valence-corrected chi connectivity index (χ4v) is 4.05. The molecular weight excluding hydrogens is 386 g/mol. The lowest BCUT2D eigenvalue weighted by atomic mass is 9.88. The van der Waals surface area contributed by atoms with Crippen molar-refractivity contribution in [3.8, 4) is 0 Å². The monoisotopic (exact) mass is 415 g/mol. The third kappa shape index (κ3) is 4.80. The maximum Gasteiger partial charge on any atom is 0.326 e. The molecule has 2 N–H and O–H groups in total. The van der Waals surface area contributed by atoms with Crippen molar-refractivity contribution in [2.24, 2.45) is 0 Å². The first kappa shape index (κ1) is 21.8. The van der Waals surface area contributed by atoms with Crippen molar-refractivity contribution >= 4 is 23.8 Å². The molecule has 0 bridgehead atoms. The molecule has 1 aliphatic heterocycles. The zero-order chi connectivity index (χ0) is 21.7. The number of aryl methyl sites for hydroxylation is 1. The summed E-state index contributed by atoms with van der Waals surface area (Å²) in [5, 5.41) is 5.55. The summed E-state index contributed by atoms with van der Waals surface area (Å²) in [6.07, 6.45) is 4.97. The second-order valence-corrected chi connectivity index (χ2v) is 8.13. The minimum atomic E-state index is -1.00. The molecule has 0 spiro atoms. The van der Waals surface area contributed by atoms with Gasteiger partial charge in [-0.25, -0.2) is 4.79 Å². The Morgan fingerprint density at radius 2 is 2.07 bits per heavy atom. The Kier molecular flexibility index (Phi) is 6.74. The summed E-state index contributed by atoms with van der Waals surface area (Å²) >= 11 is 0. The van der Waals surface area contributed by atoms with Gasteiger partial charge in [0, 0.05) is 0 Å². The van der Waals surface area contributed by atoms with Crippen molar-refractivity contribution in [3.63, 3.8) is 0 Å². The van der Waals surface area contributed by atoms with Crippen molar-refractivity contribution in [3.05, 3.63) is 35.4 Å². The van der Waals surface area contributed by atoms with Crippen molar-refractivity contribution in [2.45, 2.75) is 64.0 Å². The van der Waals surface area contributed by atoms with Gasteiger partial charge in [0.2, 0.25) is 0 Å². The molecule has 2 atom stereocenters. The number of carbonyl (C=O) groups is 4. The molecule has 0 saturated carbocycles. The maximum atomic E-state index is 12.6. The number of nitrogens with zero attached hydrogens (tertiary/aromatic N) is 1. The second-order valence-electron chi connectivity index (χ2n) is 8.13. The van der Waals surface area contributed by atoms with Crippen LogP contribution in [0, 0.1) is 0 Å². The molecule has 2 aliphatic rings. The van der Waals surface area contributed by atoms with E-state index in [1.807, 2.05) is 25.1 Å². The number of rotatable bonds is 8. The number of unbranched alkanes of at least 4 members (excludes halogenated alkanes) is 1. The van der Waals surface area contributed by atoms with Gasteiger partial charge < -0.3 is 15.4 Å². The van der Waals surface area contributed by atoms with Crippen LogP contribution in [0.5, 0.6) is 0 Å². The number of hydrogen-bond donors (Lipinski definition) is 2. The van der Waals surface area contributed by atoms with Crippen molar-refractivity contribution in [2.75, 3.05) is 13.2 Å². The van der Waals surface area contributed by atoms with E-state index in [1.54, 1.807) is 6.92 Å². The zero-order valence-electron chi connectivity index (χ0n) is 17.5. The normalized spacial score (nSPS) is 23.0. The first-order chi connectivity index (χ1) is 14.3. The zero-order valence-corrected chi connectivity index (χ0v) is 17.5. The largest absolute Gasteiger partial charge is 0.454 e. The van der Waals surface area contributed by atoms with Gasteiger partial charge in [-0.2, -0.15) is 0 Å². The minimum Gasteiger partial charge on any atom is -0.454 e. The summed E-state index contributed by atoms with van der Waals surface area (Å²) in [7, 11) is 0. The van der Waals surface area contributed by atoms with E-state index in [1.165, 1.54) is 5.56 Å². The lowest BCUT2D eigenvalue weighted by Crippen LogP contribution is -2.44. The van der Waals surface area contributed by atoms with Crippen LogP contribution >= 0.6 is 0 Å². The van der Waals surface area contributed by atoms with Gasteiger partial charge in [0.1, 0.15) is 12.1 Å². The standard InChI is InChI=1S/C22H29N3O5/c1-3-4-12-22(2)20(28)25(21(29)24-22)13-19(27)30-14-18(26)23-17-11-7-9-15-8-5-6-10-16(15)17/h5-6,8,10,17H,3-4,7,9,11-14H2,1-2H3,(H,23,26)(H,24,29)/t17-,22+/m1/s1. The van der Waals surface area contributed by atoms with Crippen LogP contribution in [-0.2, 0) is 25.5 Å². The molecule has 3 rings (SSSR count). The molecule has 1 heterocycles. The number of fused-ring (bicyclic) bond motifs is 1. The predicted molar refractivity (Wildman–Crippen MR) is 109 cm³/mol. The van der Waals surface area contributed by atoms with Crippen LogP contribution in [0.25, 0.3) is 0 Å². The highest BCUT2D eigenvalue weighted by Gasteiger charge is 2.47. The molecule has 0 unspecified atom stereocenters. The Hall–Kier alpha value is -2.90. The molecule has 1 saturated heterocycles. The number of nitrogens with one attached hydrogen (secondary N) is 2. The van der Waals surface area contributed by atoms with Gasteiger partial charge in [-0.05, 0) is 43.7 Å². The highest BCUT2D eigenvalue weighted by atomic mass is 16.5. The first-order valence-electron chi connectivity index (χ1n) is 10.5. The van der Waals surface area contributed by atoms with E-state index in [-0.39, 0.29) is 6.04 Å². The Balaban J connectivity index is 1.49. The molecule has 1 fully saturated rings. The fourth-order valence-electron chi connectivity index (χ4n) is 4.05. The molecule has 1 aliphatic carbocycles. The number of benzene rings is 1. The van der Waals surface area contributed by atoms with Crippen LogP contribution in [-0.4, -0.2) is 47.4 Å². The van der Waals surface area contributed by atoms with E-state index >= 15 is 0 Å². The van der Waals surface area contributed by atoms with E-state index < -0.39 is 42.5 Å². The topological polar surface area (TPSA) is 105 Å². The molecule has 4 amide bonds. The van der Waals surface area contributed by atoms with Crippen LogP contribution in [0.2, 0.25) is 0 Å². The third-order valence-corrected chi connectivity index (χ3v) is 5.73. The lowest BCUT2D eigenvalue weighted by Gasteiger charge is -2.26. The van der Waals surface area contributed by atoms with E-state index in [2.05, 4.69) is 16.7 Å². The summed E-state index contributed by atoms with van der Waals surface area (Å²) in [5.41, 5.74) is 1.31. The average Bonchev–Trinajstić information content (AvgIpc) is 2.94. The molecule has 30 heavy (non-hydrogen) atoms. The highest BCUT2D eigenvalue weighted by Crippen LogP contribution is 2.29. The molecular formula is C22H29N3O5. The number of amides is 4. The first-order valence-corrected chi connectivity index (χ1v) is 10.5. The van der Waals surface area contributed by atoms with Gasteiger partial charge in [-0.15, -0.1) is 0 Å². The van der Waals surface area contributed by atoms with Crippen LogP contribution in [0.1, 0.15) is 63.1 Å². The molecule has 1 aromatic carbocycles. The number of ether oxygens (including phenoxy) is 1. The fraction of sp³-hybridized carbons (Fsp3) is 0.545. The van der Waals surface area contributed by atoms with E-state index in [0.29, 0.717) is 6.42 Å². The van der Waals surface area contributed by atoms with E-state index in [9.17, 15) is 19.2 Å². The minimum absolute atomic E-state index is 0.105. The van der Waals surface area contributed by atoms with Crippen LogP contribution in [0.3, 0.4) is 0 Å². The summed E-state index contributed by atoms with van der Waals surface area (Å²) < 4.78 is 5.02. The van der Waals surface area contributed by atoms with Gasteiger partial charge in [-0.1, -0.05) is 44.0 Å². The smallest absolute Gasteiger partial charge is 0.326 e. The number of esters is 1. The van der Waals surface area contributed by atoms with Crippen LogP contribution < -0.4 is 10.6 Å². The highest BCUT2D eigenvalue weighted by molar-refractivity contribution is 6.08. The summed E-state index contributed by atoms with van der Waals surface area (Å²) in [6.45, 7) is 2.70. The second kappa shape index (κ2) is 9.28. The van der Waals surface area contributed by atoms with Crippen LogP contribution in [0.15, 0.2) is 24.3 Å².